The van der Waals surface area contributed by atoms with E-state index in [1.54, 1.807) is 29.4 Å². The molecule has 2 aromatic carbocycles. The van der Waals surface area contributed by atoms with E-state index < -0.39 is 0 Å². The third-order valence-corrected chi connectivity index (χ3v) is 4.69. The van der Waals surface area contributed by atoms with Gasteiger partial charge >= 0.3 is 0 Å². The lowest BCUT2D eigenvalue weighted by molar-refractivity contribution is 0.0746. The van der Waals surface area contributed by atoms with E-state index in [0.29, 0.717) is 37.7 Å². The fourth-order valence-electron chi connectivity index (χ4n) is 3.16. The highest BCUT2D eigenvalue weighted by Gasteiger charge is 2.22. The van der Waals surface area contributed by atoms with Gasteiger partial charge in [0.05, 0.1) is 5.56 Å². The molecule has 1 N–H and O–H groups in total. The van der Waals surface area contributed by atoms with Crippen molar-refractivity contribution in [1.29, 1.82) is 0 Å². The predicted molar refractivity (Wildman–Crippen MR) is 106 cm³/mol. The minimum Gasteiger partial charge on any atom is -0.368 e. The molecule has 0 radical (unpaired) electrons. The Morgan fingerprint density at radius 1 is 0.893 bits per heavy atom. The molecule has 7 heteroatoms. The highest BCUT2D eigenvalue weighted by atomic mass is 19.1. The van der Waals surface area contributed by atoms with Crippen molar-refractivity contribution in [2.24, 2.45) is 0 Å². The maximum Gasteiger partial charge on any atom is 0.257 e. The number of nitrogens with zero attached hydrogens (tertiary/aromatic N) is 4. The summed E-state index contributed by atoms with van der Waals surface area (Å²) >= 11 is 0. The Morgan fingerprint density at radius 2 is 1.54 bits per heavy atom. The Bertz CT molecular complexity index is 923. The Hall–Kier alpha value is -3.48. The van der Waals surface area contributed by atoms with Gasteiger partial charge in [-0.3, -0.25) is 4.79 Å². The molecule has 6 nitrogen and oxygen atoms in total. The van der Waals surface area contributed by atoms with Gasteiger partial charge in [-0.1, -0.05) is 18.2 Å². The number of benzene rings is 2. The first-order chi connectivity index (χ1) is 13.7. The van der Waals surface area contributed by atoms with Crippen molar-refractivity contribution in [3.8, 4) is 0 Å². The molecular formula is C21H20FN5O. The highest BCUT2D eigenvalue weighted by molar-refractivity contribution is 5.93. The van der Waals surface area contributed by atoms with E-state index >= 15 is 0 Å². The molecule has 0 spiro atoms. The van der Waals surface area contributed by atoms with E-state index in [-0.39, 0.29) is 11.7 Å². The SMILES string of the molecule is O=C(c1cnc(Nc2ccccc2)nc1)N1CCN(c2ccc(F)cc2)CC1. The van der Waals surface area contributed by atoms with Gasteiger partial charge in [0, 0.05) is 49.9 Å². The number of nitrogens with one attached hydrogen (secondary N) is 1. The topological polar surface area (TPSA) is 61.4 Å². The molecule has 0 saturated carbocycles. The van der Waals surface area contributed by atoms with Crippen molar-refractivity contribution < 1.29 is 9.18 Å². The quantitative estimate of drug-likeness (QED) is 0.756. The number of hydrogen-bond acceptors (Lipinski definition) is 5. The van der Waals surface area contributed by atoms with Crippen LogP contribution < -0.4 is 10.2 Å². The lowest BCUT2D eigenvalue weighted by Crippen LogP contribution is -2.48. The van der Waals surface area contributed by atoms with Gasteiger partial charge in [-0.15, -0.1) is 0 Å². The number of amides is 1. The molecule has 0 bridgehead atoms. The van der Waals surface area contributed by atoms with Crippen LogP contribution in [0, 0.1) is 5.82 Å². The summed E-state index contributed by atoms with van der Waals surface area (Å²) in [6, 6.07) is 16.1. The molecular weight excluding hydrogens is 357 g/mol. The van der Waals surface area contributed by atoms with Gasteiger partial charge in [0.25, 0.3) is 5.91 Å². The summed E-state index contributed by atoms with van der Waals surface area (Å²) in [5, 5.41) is 3.10. The minimum absolute atomic E-state index is 0.0787. The second-order valence-electron chi connectivity index (χ2n) is 6.54. The molecule has 1 aliphatic rings. The van der Waals surface area contributed by atoms with Gasteiger partial charge in [0.2, 0.25) is 5.95 Å². The third-order valence-electron chi connectivity index (χ3n) is 4.69. The molecule has 4 rings (SSSR count). The van der Waals surface area contributed by atoms with Crippen LogP contribution in [0.1, 0.15) is 10.4 Å². The lowest BCUT2D eigenvalue weighted by Gasteiger charge is -2.36. The molecule has 0 unspecified atom stereocenters. The third kappa shape index (κ3) is 4.09. The molecule has 1 amide bonds. The van der Waals surface area contributed by atoms with Crippen LogP contribution in [0.5, 0.6) is 0 Å². The first kappa shape index (κ1) is 17.9. The molecule has 2 heterocycles. The number of rotatable bonds is 4. The normalized spacial score (nSPS) is 14.0. The number of halogens is 1. The number of hydrogen-bond donors (Lipinski definition) is 1. The van der Waals surface area contributed by atoms with Gasteiger partial charge in [-0.05, 0) is 36.4 Å². The monoisotopic (exact) mass is 377 g/mol. The molecule has 28 heavy (non-hydrogen) atoms. The zero-order valence-corrected chi connectivity index (χ0v) is 15.3. The van der Waals surface area contributed by atoms with E-state index in [1.807, 2.05) is 30.3 Å². The number of carbonyl (C=O) groups excluding carboxylic acids is 1. The van der Waals surface area contributed by atoms with Crippen molar-refractivity contribution in [1.82, 2.24) is 14.9 Å². The number of piperazine rings is 1. The standard InChI is InChI=1S/C21H20FN5O/c22-17-6-8-19(9-7-17)26-10-12-27(13-11-26)20(28)16-14-23-21(24-15-16)25-18-4-2-1-3-5-18/h1-9,14-15H,10-13H2,(H,23,24,25). The number of aromatic nitrogens is 2. The van der Waals surface area contributed by atoms with Gasteiger partial charge < -0.3 is 15.1 Å². The van der Waals surface area contributed by atoms with Crippen molar-refractivity contribution >= 4 is 23.2 Å². The van der Waals surface area contributed by atoms with E-state index in [4.69, 9.17) is 0 Å². The second-order valence-corrected chi connectivity index (χ2v) is 6.54. The molecule has 142 valence electrons. The summed E-state index contributed by atoms with van der Waals surface area (Å²) in [4.78, 5) is 25.1. The van der Waals surface area contributed by atoms with Crippen LogP contribution in [0.4, 0.5) is 21.7 Å². The van der Waals surface area contributed by atoms with Crippen LogP contribution in [-0.4, -0.2) is 47.0 Å². The minimum atomic E-state index is -0.247. The first-order valence-electron chi connectivity index (χ1n) is 9.13. The van der Waals surface area contributed by atoms with Crippen LogP contribution in [0.3, 0.4) is 0 Å². The lowest BCUT2D eigenvalue weighted by atomic mass is 10.2. The Labute approximate surface area is 162 Å². The fraction of sp³-hybridized carbons (Fsp3) is 0.190. The van der Waals surface area contributed by atoms with Crippen LogP contribution in [0.15, 0.2) is 67.0 Å². The van der Waals surface area contributed by atoms with Crippen LogP contribution in [0.2, 0.25) is 0 Å². The van der Waals surface area contributed by atoms with Gasteiger partial charge in [0.1, 0.15) is 5.82 Å². The Balaban J connectivity index is 1.35. The smallest absolute Gasteiger partial charge is 0.257 e. The molecule has 0 aliphatic carbocycles. The van der Waals surface area contributed by atoms with Crippen molar-refractivity contribution in [2.75, 3.05) is 36.4 Å². The highest BCUT2D eigenvalue weighted by Crippen LogP contribution is 2.18. The molecule has 1 saturated heterocycles. The van der Waals surface area contributed by atoms with Crippen LogP contribution in [0.25, 0.3) is 0 Å². The van der Waals surface area contributed by atoms with E-state index in [9.17, 15) is 9.18 Å². The van der Waals surface area contributed by atoms with Crippen LogP contribution >= 0.6 is 0 Å². The van der Waals surface area contributed by atoms with E-state index in [2.05, 4.69) is 20.2 Å². The largest absolute Gasteiger partial charge is 0.368 e. The fourth-order valence-corrected chi connectivity index (χ4v) is 3.16. The Kier molecular flexibility index (Phi) is 5.14. The number of carbonyl (C=O) groups is 1. The van der Waals surface area contributed by atoms with E-state index in [0.717, 1.165) is 11.4 Å². The van der Waals surface area contributed by atoms with E-state index in [1.165, 1.54) is 12.1 Å². The summed E-state index contributed by atoms with van der Waals surface area (Å²) in [5.74, 6) is 0.122. The second kappa shape index (κ2) is 8.04. The van der Waals surface area contributed by atoms with Gasteiger partial charge in [-0.2, -0.15) is 0 Å². The maximum atomic E-state index is 13.1. The van der Waals surface area contributed by atoms with Crippen molar-refractivity contribution in [3.05, 3.63) is 78.4 Å². The predicted octanol–water partition coefficient (Wildman–Crippen LogP) is 3.32. The van der Waals surface area contributed by atoms with Crippen LogP contribution in [-0.2, 0) is 0 Å². The molecule has 1 fully saturated rings. The number of anilines is 3. The van der Waals surface area contributed by atoms with Gasteiger partial charge in [0.15, 0.2) is 0 Å². The summed E-state index contributed by atoms with van der Waals surface area (Å²) in [6.07, 6.45) is 3.10. The zero-order chi connectivity index (χ0) is 19.3. The zero-order valence-electron chi connectivity index (χ0n) is 15.3. The summed E-state index contributed by atoms with van der Waals surface area (Å²) in [5.41, 5.74) is 2.32. The molecule has 1 aliphatic heterocycles. The summed E-state index contributed by atoms with van der Waals surface area (Å²) < 4.78 is 13.1. The Morgan fingerprint density at radius 3 is 2.18 bits per heavy atom. The number of para-hydroxylation sites is 1. The summed E-state index contributed by atoms with van der Waals surface area (Å²) in [7, 11) is 0. The van der Waals surface area contributed by atoms with Crippen molar-refractivity contribution in [2.45, 2.75) is 0 Å². The molecule has 0 atom stereocenters. The molecule has 1 aromatic heterocycles. The maximum absolute atomic E-state index is 13.1. The first-order valence-corrected chi connectivity index (χ1v) is 9.13. The summed E-state index contributed by atoms with van der Waals surface area (Å²) in [6.45, 7) is 2.60. The molecule has 3 aromatic rings. The van der Waals surface area contributed by atoms with Gasteiger partial charge in [-0.25, -0.2) is 14.4 Å². The average molecular weight is 377 g/mol. The van der Waals surface area contributed by atoms with Crippen molar-refractivity contribution in [3.63, 3.8) is 0 Å². The average Bonchev–Trinajstić information content (AvgIpc) is 2.75.